The molecule has 0 aliphatic heterocycles. The summed E-state index contributed by atoms with van der Waals surface area (Å²) < 4.78 is 15.6. The molecule has 0 rings (SSSR count). The van der Waals surface area contributed by atoms with Crippen LogP contribution in [0.5, 0.6) is 0 Å². The van der Waals surface area contributed by atoms with Crippen LogP contribution in [-0.2, 0) is 19.0 Å². The minimum Gasteiger partial charge on any atom is -0.468 e. The van der Waals surface area contributed by atoms with Crippen LogP contribution >= 0.6 is 0 Å². The average molecular weight is 275 g/mol. The highest BCUT2D eigenvalue weighted by atomic mass is 16.5. The second-order valence-electron chi connectivity index (χ2n) is 5.26. The summed E-state index contributed by atoms with van der Waals surface area (Å²) in [4.78, 5) is 11.6. The molecule has 0 saturated heterocycles. The molecule has 114 valence electrons. The first-order valence-electron chi connectivity index (χ1n) is 6.89. The third kappa shape index (κ3) is 8.18. The molecule has 1 atom stereocenters. The Kier molecular flexibility index (Phi) is 9.83. The Balaban J connectivity index is 3.59. The van der Waals surface area contributed by atoms with Crippen molar-refractivity contribution in [3.05, 3.63) is 0 Å². The van der Waals surface area contributed by atoms with Crippen LogP contribution < -0.4 is 5.32 Å². The van der Waals surface area contributed by atoms with Crippen molar-refractivity contribution < 1.29 is 19.0 Å². The zero-order chi connectivity index (χ0) is 14.7. The Morgan fingerprint density at radius 3 is 2.37 bits per heavy atom. The number of hydrogen-bond donors (Lipinski definition) is 1. The first-order valence-corrected chi connectivity index (χ1v) is 6.89. The highest BCUT2D eigenvalue weighted by Gasteiger charge is 2.31. The topological polar surface area (TPSA) is 56.8 Å². The number of carbonyl (C=O) groups excluding carboxylic acids is 1. The first kappa shape index (κ1) is 18.4. The maximum Gasteiger partial charge on any atom is 0.325 e. The molecule has 0 radical (unpaired) electrons. The maximum absolute atomic E-state index is 11.6. The second kappa shape index (κ2) is 10.2. The highest BCUT2D eigenvalue weighted by Crippen LogP contribution is 2.13. The lowest BCUT2D eigenvalue weighted by molar-refractivity contribution is -0.148. The lowest BCUT2D eigenvalue weighted by atomic mass is 9.96. The molecule has 5 heteroatoms. The predicted molar refractivity (Wildman–Crippen MR) is 75.2 cm³/mol. The van der Waals surface area contributed by atoms with E-state index in [9.17, 15) is 4.79 Å². The third-order valence-corrected chi connectivity index (χ3v) is 2.98. The molecule has 0 aromatic rings. The van der Waals surface area contributed by atoms with Crippen molar-refractivity contribution in [1.82, 2.24) is 5.32 Å². The molecular weight excluding hydrogens is 246 g/mol. The van der Waals surface area contributed by atoms with Gasteiger partial charge in [0.15, 0.2) is 0 Å². The van der Waals surface area contributed by atoms with Gasteiger partial charge in [0, 0.05) is 13.2 Å². The monoisotopic (exact) mass is 275 g/mol. The lowest BCUT2D eigenvalue weighted by Crippen LogP contribution is -2.48. The molecule has 0 fully saturated rings. The average Bonchev–Trinajstić information content (AvgIpc) is 2.40. The van der Waals surface area contributed by atoms with E-state index >= 15 is 0 Å². The molecule has 0 saturated carbocycles. The largest absolute Gasteiger partial charge is 0.468 e. The molecular formula is C14H29NO4. The molecule has 0 aromatic carbocycles. The smallest absolute Gasteiger partial charge is 0.325 e. The minimum atomic E-state index is -0.633. The van der Waals surface area contributed by atoms with E-state index in [0.717, 1.165) is 13.0 Å². The molecule has 0 aliphatic carbocycles. The number of nitrogens with one attached hydrogen (secondary N) is 1. The van der Waals surface area contributed by atoms with Crippen molar-refractivity contribution in [2.45, 2.75) is 39.2 Å². The summed E-state index contributed by atoms with van der Waals surface area (Å²) in [6, 6.07) is 0. The summed E-state index contributed by atoms with van der Waals surface area (Å²) >= 11 is 0. The standard InChI is InChI=1S/C14H29NO4/c1-12(2)11-19-10-9-18-8-6-7-14(3,15-4)13(16)17-5/h12,15H,6-11H2,1-5H3. The number of carbonyl (C=O) groups is 1. The number of hydrogen-bond acceptors (Lipinski definition) is 5. The van der Waals surface area contributed by atoms with Gasteiger partial charge < -0.3 is 19.5 Å². The summed E-state index contributed by atoms with van der Waals surface area (Å²) in [5.74, 6) is 0.312. The van der Waals surface area contributed by atoms with Gasteiger partial charge in [0.05, 0.1) is 20.3 Å². The number of esters is 1. The van der Waals surface area contributed by atoms with E-state index in [1.165, 1.54) is 7.11 Å². The molecule has 5 nitrogen and oxygen atoms in total. The summed E-state index contributed by atoms with van der Waals surface area (Å²) in [6.45, 7) is 8.69. The van der Waals surface area contributed by atoms with Crippen molar-refractivity contribution in [2.24, 2.45) is 5.92 Å². The molecule has 0 bridgehead atoms. The Labute approximate surface area is 117 Å². The lowest BCUT2D eigenvalue weighted by Gasteiger charge is -2.25. The maximum atomic E-state index is 11.6. The molecule has 0 heterocycles. The molecule has 0 spiro atoms. The summed E-state index contributed by atoms with van der Waals surface area (Å²) in [7, 11) is 3.16. The quantitative estimate of drug-likeness (QED) is 0.458. The van der Waals surface area contributed by atoms with Crippen molar-refractivity contribution in [3.63, 3.8) is 0 Å². The molecule has 0 amide bonds. The Hall–Kier alpha value is -0.650. The van der Waals surface area contributed by atoms with Crippen LogP contribution in [-0.4, -0.2) is 52.1 Å². The van der Waals surface area contributed by atoms with Gasteiger partial charge in [-0.15, -0.1) is 0 Å². The highest BCUT2D eigenvalue weighted by molar-refractivity contribution is 5.80. The molecule has 19 heavy (non-hydrogen) atoms. The summed E-state index contributed by atoms with van der Waals surface area (Å²) in [5, 5.41) is 3.00. The van der Waals surface area contributed by atoms with E-state index in [4.69, 9.17) is 14.2 Å². The molecule has 1 unspecified atom stereocenters. The van der Waals surface area contributed by atoms with Gasteiger partial charge in [0.1, 0.15) is 5.54 Å². The van der Waals surface area contributed by atoms with Gasteiger partial charge in [-0.2, -0.15) is 0 Å². The fraction of sp³-hybridized carbons (Fsp3) is 0.929. The zero-order valence-electron chi connectivity index (χ0n) is 13.0. The Bertz CT molecular complexity index is 246. The normalized spacial score (nSPS) is 14.4. The van der Waals surface area contributed by atoms with Gasteiger partial charge in [0.25, 0.3) is 0 Å². The van der Waals surface area contributed by atoms with Crippen molar-refractivity contribution in [2.75, 3.05) is 40.6 Å². The van der Waals surface area contributed by atoms with Crippen LogP contribution in [0.1, 0.15) is 33.6 Å². The van der Waals surface area contributed by atoms with Crippen LogP contribution in [0.3, 0.4) is 0 Å². The van der Waals surface area contributed by atoms with Crippen molar-refractivity contribution >= 4 is 5.97 Å². The molecule has 1 N–H and O–H groups in total. The number of methoxy groups -OCH3 is 1. The Morgan fingerprint density at radius 1 is 1.21 bits per heavy atom. The van der Waals surface area contributed by atoms with Crippen LogP contribution in [0.2, 0.25) is 0 Å². The molecule has 0 aliphatic rings. The molecule has 0 aromatic heterocycles. The minimum absolute atomic E-state index is 0.240. The van der Waals surface area contributed by atoms with E-state index < -0.39 is 5.54 Å². The fourth-order valence-electron chi connectivity index (χ4n) is 1.62. The van der Waals surface area contributed by atoms with Gasteiger partial charge in [-0.3, -0.25) is 4.79 Å². The number of rotatable bonds is 11. The predicted octanol–water partition coefficient (Wildman–Crippen LogP) is 1.61. The first-order chi connectivity index (χ1) is 8.96. The van der Waals surface area contributed by atoms with Crippen LogP contribution in [0.25, 0.3) is 0 Å². The zero-order valence-corrected chi connectivity index (χ0v) is 13.0. The third-order valence-electron chi connectivity index (χ3n) is 2.98. The number of ether oxygens (including phenoxy) is 3. The van der Waals surface area contributed by atoms with E-state index in [1.54, 1.807) is 7.05 Å². The van der Waals surface area contributed by atoms with Gasteiger partial charge in [-0.25, -0.2) is 0 Å². The van der Waals surface area contributed by atoms with Crippen molar-refractivity contribution in [1.29, 1.82) is 0 Å². The summed E-state index contributed by atoms with van der Waals surface area (Å²) in [6.07, 6.45) is 1.49. The Morgan fingerprint density at radius 2 is 1.84 bits per heavy atom. The van der Waals surface area contributed by atoms with Crippen molar-refractivity contribution in [3.8, 4) is 0 Å². The van der Waals surface area contributed by atoms with E-state index in [-0.39, 0.29) is 5.97 Å². The van der Waals surface area contributed by atoms with E-state index in [2.05, 4.69) is 19.2 Å². The van der Waals surface area contributed by atoms with Crippen LogP contribution in [0.15, 0.2) is 0 Å². The number of likely N-dealkylation sites (N-methyl/N-ethyl adjacent to an activating group) is 1. The fourth-order valence-corrected chi connectivity index (χ4v) is 1.62. The van der Waals surface area contributed by atoms with Gasteiger partial charge in [-0.1, -0.05) is 13.8 Å². The van der Waals surface area contributed by atoms with Gasteiger partial charge in [0.2, 0.25) is 0 Å². The van der Waals surface area contributed by atoms with E-state index in [1.807, 2.05) is 6.92 Å². The summed E-state index contributed by atoms with van der Waals surface area (Å²) in [5.41, 5.74) is -0.633. The van der Waals surface area contributed by atoms with Gasteiger partial charge >= 0.3 is 5.97 Å². The van der Waals surface area contributed by atoms with E-state index in [0.29, 0.717) is 32.2 Å². The van der Waals surface area contributed by atoms with Crippen LogP contribution in [0.4, 0.5) is 0 Å². The van der Waals surface area contributed by atoms with Gasteiger partial charge in [-0.05, 0) is 32.7 Å². The SMILES string of the molecule is CNC(C)(CCCOCCOCC(C)C)C(=O)OC. The second-order valence-corrected chi connectivity index (χ2v) is 5.26. The van der Waals surface area contributed by atoms with Crippen LogP contribution in [0, 0.1) is 5.92 Å².